The first-order valence-electron chi connectivity index (χ1n) is 8.14. The van der Waals surface area contributed by atoms with Gasteiger partial charge in [0, 0.05) is 30.1 Å². The molecule has 1 atom stereocenters. The Balaban J connectivity index is 1.86. The molecule has 136 valence electrons. The van der Waals surface area contributed by atoms with E-state index in [2.05, 4.69) is 5.32 Å². The van der Waals surface area contributed by atoms with Crippen molar-refractivity contribution < 1.29 is 19.1 Å². The lowest BCUT2D eigenvalue weighted by Gasteiger charge is -2.20. The summed E-state index contributed by atoms with van der Waals surface area (Å²) in [5.74, 6) is -1.57. The van der Waals surface area contributed by atoms with Crippen LogP contribution in [-0.4, -0.2) is 41.4 Å². The van der Waals surface area contributed by atoms with E-state index in [9.17, 15) is 14.4 Å². The van der Waals surface area contributed by atoms with Crippen LogP contribution in [0.2, 0.25) is 5.02 Å². The van der Waals surface area contributed by atoms with Crippen LogP contribution in [0.1, 0.15) is 32.8 Å². The lowest BCUT2D eigenvalue weighted by molar-refractivity contribution is -0.152. The molecule has 0 spiro atoms. The van der Waals surface area contributed by atoms with E-state index >= 15 is 0 Å². The van der Waals surface area contributed by atoms with Crippen LogP contribution in [0.4, 0.5) is 0 Å². The topological polar surface area (TPSA) is 75.7 Å². The Morgan fingerprint density at radius 3 is 2.64 bits per heavy atom. The summed E-state index contributed by atoms with van der Waals surface area (Å²) in [5.41, 5.74) is 0.439. The summed E-state index contributed by atoms with van der Waals surface area (Å²) < 4.78 is 5.05. The van der Waals surface area contributed by atoms with Crippen molar-refractivity contribution in [2.24, 2.45) is 5.92 Å². The molecule has 0 aromatic heterocycles. The van der Waals surface area contributed by atoms with Crippen molar-refractivity contribution in [1.29, 1.82) is 0 Å². The largest absolute Gasteiger partial charge is 0.455 e. The first-order valence-corrected chi connectivity index (χ1v) is 8.52. The second-order valence-corrected chi connectivity index (χ2v) is 7.58. The summed E-state index contributed by atoms with van der Waals surface area (Å²) in [5, 5.41) is 3.30. The zero-order chi connectivity index (χ0) is 18.6. The number of halogens is 1. The molecule has 1 heterocycles. The van der Waals surface area contributed by atoms with Gasteiger partial charge in [-0.3, -0.25) is 14.4 Å². The molecule has 0 bridgehead atoms. The number of ether oxygens (including phenoxy) is 1. The number of nitrogens with one attached hydrogen (secondary N) is 1. The summed E-state index contributed by atoms with van der Waals surface area (Å²) >= 11 is 6.11. The molecule has 1 aliphatic heterocycles. The first kappa shape index (κ1) is 19.2. The van der Waals surface area contributed by atoms with Gasteiger partial charge in [-0.05, 0) is 32.4 Å². The highest BCUT2D eigenvalue weighted by Gasteiger charge is 2.35. The van der Waals surface area contributed by atoms with Gasteiger partial charge in [0.1, 0.15) is 0 Å². The smallest absolute Gasteiger partial charge is 0.311 e. The molecule has 1 aliphatic rings. The van der Waals surface area contributed by atoms with Gasteiger partial charge in [-0.1, -0.05) is 29.8 Å². The molecule has 25 heavy (non-hydrogen) atoms. The highest BCUT2D eigenvalue weighted by atomic mass is 35.5. The molecule has 7 heteroatoms. The normalized spacial score (nSPS) is 17.5. The van der Waals surface area contributed by atoms with E-state index in [1.54, 1.807) is 11.0 Å². The predicted octanol–water partition coefficient (Wildman–Crippen LogP) is 2.15. The van der Waals surface area contributed by atoms with Crippen molar-refractivity contribution in [3.8, 4) is 0 Å². The maximum Gasteiger partial charge on any atom is 0.311 e. The number of rotatable bonds is 5. The number of esters is 1. The van der Waals surface area contributed by atoms with E-state index in [0.29, 0.717) is 11.6 Å². The van der Waals surface area contributed by atoms with Gasteiger partial charge in [0.2, 0.25) is 5.91 Å². The number of hydrogen-bond donors (Lipinski definition) is 1. The Hall–Kier alpha value is -2.08. The maximum atomic E-state index is 12.1. The van der Waals surface area contributed by atoms with Crippen molar-refractivity contribution in [2.45, 2.75) is 39.3 Å². The number of benzene rings is 1. The molecular weight excluding hydrogens is 344 g/mol. The molecular formula is C18H23ClN2O4. The quantitative estimate of drug-likeness (QED) is 0.810. The molecule has 1 fully saturated rings. The van der Waals surface area contributed by atoms with Gasteiger partial charge < -0.3 is 15.0 Å². The van der Waals surface area contributed by atoms with Crippen molar-refractivity contribution in [2.75, 3.05) is 13.2 Å². The van der Waals surface area contributed by atoms with Crippen LogP contribution in [0.3, 0.4) is 0 Å². The van der Waals surface area contributed by atoms with E-state index in [-0.39, 0.29) is 31.4 Å². The lowest BCUT2D eigenvalue weighted by atomic mass is 10.1. The second-order valence-electron chi connectivity index (χ2n) is 7.17. The van der Waals surface area contributed by atoms with Crippen molar-refractivity contribution in [1.82, 2.24) is 10.2 Å². The summed E-state index contributed by atoms with van der Waals surface area (Å²) in [6.45, 7) is 5.81. The molecule has 6 nitrogen and oxygen atoms in total. The fraction of sp³-hybridized carbons (Fsp3) is 0.500. The SMILES string of the molecule is CC(C)(C)NC(=O)COC(=O)[C@H]1CC(=O)N(Cc2ccccc2Cl)C1. The van der Waals surface area contributed by atoms with Gasteiger partial charge in [0.25, 0.3) is 5.91 Å². The Bertz CT molecular complexity index is 669. The third-order valence-corrected chi connectivity index (χ3v) is 4.10. The number of carbonyl (C=O) groups is 3. The molecule has 0 saturated carbocycles. The van der Waals surface area contributed by atoms with E-state index in [4.69, 9.17) is 16.3 Å². The maximum absolute atomic E-state index is 12.1. The highest BCUT2D eigenvalue weighted by molar-refractivity contribution is 6.31. The summed E-state index contributed by atoms with van der Waals surface area (Å²) in [6.07, 6.45) is 0.0875. The molecule has 2 amide bonds. The summed E-state index contributed by atoms with van der Waals surface area (Å²) in [7, 11) is 0. The molecule has 2 rings (SSSR count). The van der Waals surface area contributed by atoms with Crippen LogP contribution in [0.5, 0.6) is 0 Å². The predicted molar refractivity (Wildman–Crippen MR) is 93.8 cm³/mol. The minimum atomic E-state index is -0.558. The number of hydrogen-bond acceptors (Lipinski definition) is 4. The molecule has 1 aromatic rings. The van der Waals surface area contributed by atoms with Crippen molar-refractivity contribution >= 4 is 29.4 Å². The lowest BCUT2D eigenvalue weighted by Crippen LogP contribution is -2.43. The standard InChI is InChI=1S/C18H23ClN2O4/c1-18(2,3)20-15(22)11-25-17(24)13-8-16(23)21(10-13)9-12-6-4-5-7-14(12)19/h4-7,13H,8-11H2,1-3H3,(H,20,22)/t13-/m0/s1. The minimum Gasteiger partial charge on any atom is -0.455 e. The minimum absolute atomic E-state index is 0.0875. The van der Waals surface area contributed by atoms with E-state index in [0.717, 1.165) is 5.56 Å². The van der Waals surface area contributed by atoms with Gasteiger partial charge in [0.15, 0.2) is 6.61 Å². The number of carbonyl (C=O) groups excluding carboxylic acids is 3. The van der Waals surface area contributed by atoms with Gasteiger partial charge in [0.05, 0.1) is 5.92 Å². The molecule has 1 N–H and O–H groups in total. The molecule has 0 radical (unpaired) electrons. The second kappa shape index (κ2) is 7.87. The van der Waals surface area contributed by atoms with Crippen LogP contribution >= 0.6 is 11.6 Å². The van der Waals surface area contributed by atoms with Gasteiger partial charge in [-0.15, -0.1) is 0 Å². The van der Waals surface area contributed by atoms with Crippen LogP contribution in [0.25, 0.3) is 0 Å². The van der Waals surface area contributed by atoms with Gasteiger partial charge >= 0.3 is 5.97 Å². The van der Waals surface area contributed by atoms with Gasteiger partial charge in [-0.2, -0.15) is 0 Å². The van der Waals surface area contributed by atoms with E-state index in [1.165, 1.54) is 0 Å². The van der Waals surface area contributed by atoms with Crippen LogP contribution in [0, 0.1) is 5.92 Å². The fourth-order valence-corrected chi connectivity index (χ4v) is 2.82. The molecule has 1 aromatic carbocycles. The van der Waals surface area contributed by atoms with E-state index < -0.39 is 17.4 Å². The zero-order valence-corrected chi connectivity index (χ0v) is 15.4. The first-order chi connectivity index (χ1) is 11.7. The van der Waals surface area contributed by atoms with Crippen molar-refractivity contribution in [3.05, 3.63) is 34.9 Å². The van der Waals surface area contributed by atoms with Gasteiger partial charge in [-0.25, -0.2) is 0 Å². The van der Waals surface area contributed by atoms with E-state index in [1.807, 2.05) is 39.0 Å². The third kappa shape index (κ3) is 5.74. The number of amides is 2. The van der Waals surface area contributed by atoms with Crippen LogP contribution in [-0.2, 0) is 25.7 Å². The Labute approximate surface area is 152 Å². The molecule has 1 saturated heterocycles. The zero-order valence-electron chi connectivity index (χ0n) is 14.7. The van der Waals surface area contributed by atoms with Crippen molar-refractivity contribution in [3.63, 3.8) is 0 Å². The molecule has 0 unspecified atom stereocenters. The monoisotopic (exact) mass is 366 g/mol. The average Bonchev–Trinajstić information content (AvgIpc) is 2.87. The fourth-order valence-electron chi connectivity index (χ4n) is 2.62. The number of likely N-dealkylation sites (tertiary alicyclic amines) is 1. The molecule has 0 aliphatic carbocycles. The third-order valence-electron chi connectivity index (χ3n) is 3.73. The Morgan fingerprint density at radius 2 is 2.00 bits per heavy atom. The Kier molecular flexibility index (Phi) is 6.06. The van der Waals surface area contributed by atoms with Crippen LogP contribution < -0.4 is 5.32 Å². The summed E-state index contributed by atoms with van der Waals surface area (Å²) in [4.78, 5) is 37.5. The number of nitrogens with zero attached hydrogens (tertiary/aromatic N) is 1. The Morgan fingerprint density at radius 1 is 1.32 bits per heavy atom. The summed E-state index contributed by atoms with van der Waals surface area (Å²) in [6, 6.07) is 7.27. The highest BCUT2D eigenvalue weighted by Crippen LogP contribution is 2.24. The average molecular weight is 367 g/mol. The van der Waals surface area contributed by atoms with Crippen LogP contribution in [0.15, 0.2) is 24.3 Å².